The fourth-order valence-electron chi connectivity index (χ4n) is 2.45. The number of nitrogens with zero attached hydrogens (tertiary/aromatic N) is 2. The van der Waals surface area contributed by atoms with Gasteiger partial charge in [0.15, 0.2) is 11.6 Å². The van der Waals surface area contributed by atoms with E-state index < -0.39 is 23.4 Å². The largest absolute Gasteiger partial charge is 0.417 e. The van der Waals surface area contributed by atoms with Crippen LogP contribution in [0.15, 0.2) is 36.7 Å². The van der Waals surface area contributed by atoms with Gasteiger partial charge >= 0.3 is 6.18 Å². The van der Waals surface area contributed by atoms with Crippen molar-refractivity contribution in [1.82, 2.24) is 9.97 Å². The fourth-order valence-corrected chi connectivity index (χ4v) is 2.63. The van der Waals surface area contributed by atoms with Crippen molar-refractivity contribution in [2.75, 3.05) is 11.9 Å². The summed E-state index contributed by atoms with van der Waals surface area (Å²) in [5.41, 5.74) is -0.861. The molecular formula is C19H11ClF5N3. The third-order valence-corrected chi connectivity index (χ3v) is 3.97. The van der Waals surface area contributed by atoms with E-state index in [9.17, 15) is 22.0 Å². The Morgan fingerprint density at radius 2 is 1.79 bits per heavy atom. The molecule has 0 unspecified atom stereocenters. The molecule has 28 heavy (non-hydrogen) atoms. The number of aromatic nitrogens is 2. The van der Waals surface area contributed by atoms with Crippen molar-refractivity contribution in [1.29, 1.82) is 0 Å². The van der Waals surface area contributed by atoms with Crippen molar-refractivity contribution in [3.05, 3.63) is 64.4 Å². The number of hydrogen-bond donors (Lipinski definition) is 1. The van der Waals surface area contributed by atoms with Crippen molar-refractivity contribution in [2.24, 2.45) is 0 Å². The van der Waals surface area contributed by atoms with Crippen molar-refractivity contribution >= 4 is 28.3 Å². The minimum atomic E-state index is -4.56. The van der Waals surface area contributed by atoms with Crippen LogP contribution >= 0.6 is 11.6 Å². The number of hydrogen-bond acceptors (Lipinski definition) is 3. The molecule has 1 aromatic heterocycles. The molecule has 0 spiro atoms. The van der Waals surface area contributed by atoms with Gasteiger partial charge in [-0.25, -0.2) is 18.7 Å². The molecule has 1 N–H and O–H groups in total. The van der Waals surface area contributed by atoms with Crippen LogP contribution in [0.3, 0.4) is 0 Å². The average Bonchev–Trinajstić information content (AvgIpc) is 2.63. The van der Waals surface area contributed by atoms with Gasteiger partial charge in [-0.3, -0.25) is 0 Å². The van der Waals surface area contributed by atoms with Gasteiger partial charge in [-0.05, 0) is 24.3 Å². The van der Waals surface area contributed by atoms with Gasteiger partial charge in [-0.2, -0.15) is 13.2 Å². The van der Waals surface area contributed by atoms with E-state index in [2.05, 4.69) is 27.1 Å². The number of nitrogens with one attached hydrogen (secondary N) is 1. The predicted molar refractivity (Wildman–Crippen MR) is 95.9 cm³/mol. The van der Waals surface area contributed by atoms with Gasteiger partial charge in [-0.1, -0.05) is 23.4 Å². The Hall–Kier alpha value is -2.92. The maximum absolute atomic E-state index is 13.4. The van der Waals surface area contributed by atoms with Crippen LogP contribution in [-0.2, 0) is 6.18 Å². The summed E-state index contributed by atoms with van der Waals surface area (Å²) in [6.07, 6.45) is -3.18. The van der Waals surface area contributed by atoms with Crippen LogP contribution in [0.1, 0.15) is 17.5 Å². The van der Waals surface area contributed by atoms with Crippen LogP contribution in [0.5, 0.6) is 0 Å². The lowest BCUT2D eigenvalue weighted by Gasteiger charge is -2.09. The molecule has 0 atom stereocenters. The lowest BCUT2D eigenvalue weighted by Crippen LogP contribution is -2.07. The van der Waals surface area contributed by atoms with Crippen molar-refractivity contribution < 1.29 is 22.0 Å². The molecule has 3 rings (SSSR count). The summed E-state index contributed by atoms with van der Waals surface area (Å²) >= 11 is 5.62. The molecule has 9 heteroatoms. The molecule has 2 aromatic carbocycles. The van der Waals surface area contributed by atoms with E-state index in [0.29, 0.717) is 0 Å². The van der Waals surface area contributed by atoms with E-state index in [1.807, 2.05) is 0 Å². The zero-order chi connectivity index (χ0) is 20.3. The monoisotopic (exact) mass is 411 g/mol. The molecule has 0 aliphatic rings. The second kappa shape index (κ2) is 7.98. The third kappa shape index (κ3) is 4.49. The molecule has 0 aliphatic heterocycles. The molecule has 0 saturated carbocycles. The van der Waals surface area contributed by atoms with E-state index in [0.717, 1.165) is 18.2 Å². The lowest BCUT2D eigenvalue weighted by molar-refractivity contribution is -0.137. The molecule has 0 aliphatic carbocycles. The lowest BCUT2D eigenvalue weighted by atomic mass is 10.1. The zero-order valence-corrected chi connectivity index (χ0v) is 14.8. The number of rotatable bonds is 3. The second-order valence-corrected chi connectivity index (χ2v) is 6.11. The van der Waals surface area contributed by atoms with Gasteiger partial charge in [0, 0.05) is 35.0 Å². The number of halogens is 6. The first kappa shape index (κ1) is 19.8. The Bertz CT molecular complexity index is 1090. The molecule has 0 radical (unpaired) electrons. The molecule has 1 heterocycles. The van der Waals surface area contributed by atoms with Crippen LogP contribution in [0, 0.1) is 23.5 Å². The topological polar surface area (TPSA) is 37.8 Å². The summed E-state index contributed by atoms with van der Waals surface area (Å²) in [5.74, 6) is 3.33. The smallest absolute Gasteiger partial charge is 0.368 e. The standard InChI is InChI=1S/C19H11ClF5N3/c20-12-5-4-11(14(7-12)19(23,24)25)3-1-2-6-26-18-13-8-15(21)16(22)9-17(13)27-10-28-18/h4-5,7-10H,2,6H2,(H,26,27,28). The van der Waals surface area contributed by atoms with Gasteiger partial charge in [0.1, 0.15) is 12.1 Å². The Morgan fingerprint density at radius 3 is 2.54 bits per heavy atom. The Kier molecular flexibility index (Phi) is 5.66. The number of fused-ring (bicyclic) bond motifs is 1. The number of benzene rings is 2. The average molecular weight is 412 g/mol. The molecule has 0 saturated heterocycles. The highest BCUT2D eigenvalue weighted by atomic mass is 35.5. The van der Waals surface area contributed by atoms with Crippen LogP contribution in [0.25, 0.3) is 10.9 Å². The second-order valence-electron chi connectivity index (χ2n) is 5.67. The highest BCUT2D eigenvalue weighted by molar-refractivity contribution is 6.30. The summed E-state index contributed by atoms with van der Waals surface area (Å²) in [4.78, 5) is 7.83. The minimum Gasteiger partial charge on any atom is -0.368 e. The van der Waals surface area contributed by atoms with Gasteiger partial charge in [0.2, 0.25) is 0 Å². The highest BCUT2D eigenvalue weighted by Crippen LogP contribution is 2.33. The van der Waals surface area contributed by atoms with Crippen molar-refractivity contribution in [2.45, 2.75) is 12.6 Å². The van der Waals surface area contributed by atoms with Crippen LogP contribution in [0.4, 0.5) is 27.8 Å². The van der Waals surface area contributed by atoms with E-state index in [-0.39, 0.29) is 40.3 Å². The molecule has 144 valence electrons. The highest BCUT2D eigenvalue weighted by Gasteiger charge is 2.33. The van der Waals surface area contributed by atoms with Gasteiger partial charge in [0.05, 0.1) is 11.1 Å². The predicted octanol–water partition coefficient (Wildman–Crippen LogP) is 5.43. The third-order valence-electron chi connectivity index (χ3n) is 3.73. The fraction of sp³-hybridized carbons (Fsp3) is 0.158. The summed E-state index contributed by atoms with van der Waals surface area (Å²) in [5, 5.41) is 3.14. The number of alkyl halides is 3. The quantitative estimate of drug-likeness (QED) is 0.354. The molecule has 0 bridgehead atoms. The molecular weight excluding hydrogens is 401 g/mol. The molecule has 3 aromatic rings. The van der Waals surface area contributed by atoms with Crippen LogP contribution in [0.2, 0.25) is 5.02 Å². The summed E-state index contributed by atoms with van der Waals surface area (Å²) in [6, 6.07) is 5.30. The van der Waals surface area contributed by atoms with Gasteiger partial charge in [-0.15, -0.1) is 0 Å². The summed E-state index contributed by atoms with van der Waals surface area (Å²) < 4.78 is 65.8. The van der Waals surface area contributed by atoms with E-state index in [1.165, 1.54) is 18.5 Å². The van der Waals surface area contributed by atoms with Crippen molar-refractivity contribution in [3.8, 4) is 11.8 Å². The first-order valence-corrected chi connectivity index (χ1v) is 8.33. The minimum absolute atomic E-state index is 0.0288. The molecule has 0 fully saturated rings. The normalized spacial score (nSPS) is 11.2. The Balaban J connectivity index is 1.72. The van der Waals surface area contributed by atoms with E-state index >= 15 is 0 Å². The SMILES string of the molecule is Fc1cc2ncnc(NCCC#Cc3ccc(Cl)cc3C(F)(F)F)c2cc1F. The Morgan fingerprint density at radius 1 is 1.04 bits per heavy atom. The first-order chi connectivity index (χ1) is 13.3. The van der Waals surface area contributed by atoms with Crippen molar-refractivity contribution in [3.63, 3.8) is 0 Å². The summed E-state index contributed by atoms with van der Waals surface area (Å²) in [6.45, 7) is 0.229. The number of anilines is 1. The molecule has 3 nitrogen and oxygen atoms in total. The van der Waals surface area contributed by atoms with Gasteiger partial charge < -0.3 is 5.32 Å². The van der Waals surface area contributed by atoms with Gasteiger partial charge in [0.25, 0.3) is 0 Å². The zero-order valence-electron chi connectivity index (χ0n) is 14.0. The maximum Gasteiger partial charge on any atom is 0.417 e. The van der Waals surface area contributed by atoms with Crippen LogP contribution in [-0.4, -0.2) is 16.5 Å². The summed E-state index contributed by atoms with van der Waals surface area (Å²) in [7, 11) is 0. The first-order valence-electron chi connectivity index (χ1n) is 7.95. The maximum atomic E-state index is 13.4. The Labute approximate surface area is 161 Å². The van der Waals surface area contributed by atoms with E-state index in [1.54, 1.807) is 0 Å². The molecule has 0 amide bonds. The van der Waals surface area contributed by atoms with Crippen LogP contribution < -0.4 is 5.32 Å². The van der Waals surface area contributed by atoms with E-state index in [4.69, 9.17) is 11.6 Å².